The van der Waals surface area contributed by atoms with Gasteiger partial charge in [0.1, 0.15) is 5.78 Å². The smallest absolute Gasteiger partial charge is 0.237 e. The molecule has 1 aromatic heterocycles. The summed E-state index contributed by atoms with van der Waals surface area (Å²) in [6.07, 6.45) is 0.999. The van der Waals surface area contributed by atoms with Crippen molar-refractivity contribution in [1.29, 1.82) is 0 Å². The van der Waals surface area contributed by atoms with Crippen LogP contribution in [-0.4, -0.2) is 15.9 Å². The number of aryl methyl sites for hydroxylation is 1. The third kappa shape index (κ3) is 2.47. The van der Waals surface area contributed by atoms with Crippen LogP contribution in [0.1, 0.15) is 38.1 Å². The number of benzene rings is 1. The van der Waals surface area contributed by atoms with Gasteiger partial charge in [0, 0.05) is 5.56 Å². The van der Waals surface area contributed by atoms with Gasteiger partial charge in [-0.25, -0.2) is 0 Å². The molecule has 0 aliphatic carbocycles. The van der Waals surface area contributed by atoms with Crippen molar-refractivity contribution in [2.75, 3.05) is 0 Å². The molecule has 18 heavy (non-hydrogen) atoms. The Labute approximate surface area is 106 Å². The first kappa shape index (κ1) is 12.5. The Morgan fingerprint density at radius 1 is 1.33 bits per heavy atom. The number of carbonyl (C=O) groups excluding carboxylic acids is 1. The lowest BCUT2D eigenvalue weighted by molar-refractivity contribution is -0.118. The number of nitrogens with zero attached hydrogens (tertiary/aromatic N) is 2. The summed E-state index contributed by atoms with van der Waals surface area (Å²) in [5.41, 5.74) is 2.16. The van der Waals surface area contributed by atoms with Gasteiger partial charge in [-0.1, -0.05) is 36.3 Å². The fraction of sp³-hybridized carbons (Fsp3) is 0.357. The summed E-state index contributed by atoms with van der Waals surface area (Å²) in [4.78, 5) is 15.5. The van der Waals surface area contributed by atoms with Crippen molar-refractivity contribution in [3.63, 3.8) is 0 Å². The number of aromatic nitrogens is 2. The van der Waals surface area contributed by atoms with Crippen molar-refractivity contribution in [3.8, 4) is 11.4 Å². The molecule has 1 heterocycles. The molecular weight excluding hydrogens is 228 g/mol. The molecule has 0 saturated carbocycles. The Hall–Kier alpha value is -1.97. The molecule has 1 unspecified atom stereocenters. The average molecular weight is 244 g/mol. The summed E-state index contributed by atoms with van der Waals surface area (Å²) in [7, 11) is 0. The zero-order valence-electron chi connectivity index (χ0n) is 10.8. The molecule has 4 nitrogen and oxygen atoms in total. The molecule has 0 bridgehead atoms. The van der Waals surface area contributed by atoms with Gasteiger partial charge in [0.05, 0.1) is 5.92 Å². The molecular formula is C14H16N2O2. The quantitative estimate of drug-likeness (QED) is 0.829. The SMILES string of the molecule is CCc1ccc(-c2noc(C(C)C(C)=O)n2)cc1. The number of rotatable bonds is 4. The Balaban J connectivity index is 2.26. The Bertz CT molecular complexity index is 543. The molecule has 0 fully saturated rings. The van der Waals surface area contributed by atoms with E-state index in [2.05, 4.69) is 17.1 Å². The van der Waals surface area contributed by atoms with E-state index in [0.29, 0.717) is 11.7 Å². The summed E-state index contributed by atoms with van der Waals surface area (Å²) >= 11 is 0. The van der Waals surface area contributed by atoms with E-state index in [1.165, 1.54) is 12.5 Å². The van der Waals surface area contributed by atoms with Crippen molar-refractivity contribution < 1.29 is 9.32 Å². The van der Waals surface area contributed by atoms with E-state index < -0.39 is 0 Å². The third-order valence-corrected chi connectivity index (χ3v) is 3.04. The van der Waals surface area contributed by atoms with Crippen LogP contribution >= 0.6 is 0 Å². The van der Waals surface area contributed by atoms with E-state index in [1.54, 1.807) is 6.92 Å². The normalized spacial score (nSPS) is 12.4. The van der Waals surface area contributed by atoms with Gasteiger partial charge in [0.2, 0.25) is 11.7 Å². The minimum atomic E-state index is -0.346. The molecule has 0 saturated heterocycles. The first-order valence-electron chi connectivity index (χ1n) is 6.05. The second-order valence-corrected chi connectivity index (χ2v) is 4.34. The topological polar surface area (TPSA) is 56.0 Å². The van der Waals surface area contributed by atoms with Crippen LogP contribution in [-0.2, 0) is 11.2 Å². The van der Waals surface area contributed by atoms with Gasteiger partial charge in [-0.15, -0.1) is 0 Å². The maximum atomic E-state index is 11.2. The highest BCUT2D eigenvalue weighted by Gasteiger charge is 2.18. The highest BCUT2D eigenvalue weighted by atomic mass is 16.5. The van der Waals surface area contributed by atoms with Crippen LogP contribution in [0.15, 0.2) is 28.8 Å². The molecule has 4 heteroatoms. The van der Waals surface area contributed by atoms with Crippen molar-refractivity contribution in [2.45, 2.75) is 33.1 Å². The highest BCUT2D eigenvalue weighted by molar-refractivity contribution is 5.81. The largest absolute Gasteiger partial charge is 0.338 e. The van der Waals surface area contributed by atoms with E-state index >= 15 is 0 Å². The van der Waals surface area contributed by atoms with Crippen LogP contribution < -0.4 is 0 Å². The molecule has 0 aliphatic heterocycles. The van der Waals surface area contributed by atoms with Gasteiger partial charge in [0.25, 0.3) is 0 Å². The second-order valence-electron chi connectivity index (χ2n) is 4.34. The van der Waals surface area contributed by atoms with Crippen molar-refractivity contribution in [2.24, 2.45) is 0 Å². The maximum Gasteiger partial charge on any atom is 0.237 e. The highest BCUT2D eigenvalue weighted by Crippen LogP contribution is 2.20. The lowest BCUT2D eigenvalue weighted by Crippen LogP contribution is -2.04. The Kier molecular flexibility index (Phi) is 3.55. The van der Waals surface area contributed by atoms with Gasteiger partial charge in [0.15, 0.2) is 0 Å². The summed E-state index contributed by atoms with van der Waals surface area (Å²) in [6, 6.07) is 8.01. The molecule has 0 amide bonds. The molecule has 1 atom stereocenters. The van der Waals surface area contributed by atoms with E-state index in [1.807, 2.05) is 24.3 Å². The maximum absolute atomic E-state index is 11.2. The standard InChI is InChI=1S/C14H16N2O2/c1-4-11-5-7-12(8-6-11)13-15-14(18-16-13)9(2)10(3)17/h5-9H,4H2,1-3H3. The van der Waals surface area contributed by atoms with Crippen molar-refractivity contribution in [1.82, 2.24) is 10.1 Å². The predicted molar refractivity (Wildman–Crippen MR) is 68.2 cm³/mol. The minimum absolute atomic E-state index is 0.0199. The van der Waals surface area contributed by atoms with E-state index in [0.717, 1.165) is 12.0 Å². The molecule has 1 aromatic carbocycles. The molecule has 2 rings (SSSR count). The van der Waals surface area contributed by atoms with Gasteiger partial charge in [-0.2, -0.15) is 4.98 Å². The second kappa shape index (κ2) is 5.12. The van der Waals surface area contributed by atoms with Gasteiger partial charge < -0.3 is 4.52 Å². The zero-order chi connectivity index (χ0) is 13.1. The van der Waals surface area contributed by atoms with Crippen LogP contribution in [0.4, 0.5) is 0 Å². The zero-order valence-corrected chi connectivity index (χ0v) is 10.8. The van der Waals surface area contributed by atoms with Crippen LogP contribution in [0.2, 0.25) is 0 Å². The number of hydrogen-bond donors (Lipinski definition) is 0. The average Bonchev–Trinajstić information content (AvgIpc) is 2.87. The monoisotopic (exact) mass is 244 g/mol. The third-order valence-electron chi connectivity index (χ3n) is 3.04. The summed E-state index contributed by atoms with van der Waals surface area (Å²) in [6.45, 7) is 5.39. The fourth-order valence-corrected chi connectivity index (χ4v) is 1.59. The van der Waals surface area contributed by atoms with Crippen LogP contribution in [0, 0.1) is 0 Å². The summed E-state index contributed by atoms with van der Waals surface area (Å²) in [5.74, 6) is 0.575. The van der Waals surface area contributed by atoms with Crippen LogP contribution in [0.3, 0.4) is 0 Å². The van der Waals surface area contributed by atoms with E-state index in [9.17, 15) is 4.79 Å². The summed E-state index contributed by atoms with van der Waals surface area (Å²) in [5, 5.41) is 3.91. The van der Waals surface area contributed by atoms with Crippen molar-refractivity contribution in [3.05, 3.63) is 35.7 Å². The van der Waals surface area contributed by atoms with Crippen molar-refractivity contribution >= 4 is 5.78 Å². The Morgan fingerprint density at radius 3 is 2.56 bits per heavy atom. The van der Waals surface area contributed by atoms with E-state index in [4.69, 9.17) is 4.52 Å². The molecule has 0 spiro atoms. The summed E-state index contributed by atoms with van der Waals surface area (Å²) < 4.78 is 5.12. The number of hydrogen-bond acceptors (Lipinski definition) is 4. The lowest BCUT2D eigenvalue weighted by atomic mass is 10.1. The van der Waals surface area contributed by atoms with Gasteiger partial charge in [-0.3, -0.25) is 4.79 Å². The van der Waals surface area contributed by atoms with Crippen LogP contribution in [0.5, 0.6) is 0 Å². The van der Waals surface area contributed by atoms with E-state index in [-0.39, 0.29) is 11.7 Å². The molecule has 0 aliphatic rings. The first-order chi connectivity index (χ1) is 8.61. The fourth-order valence-electron chi connectivity index (χ4n) is 1.59. The molecule has 0 N–H and O–H groups in total. The predicted octanol–water partition coefficient (Wildman–Crippen LogP) is 2.99. The molecule has 0 radical (unpaired) electrons. The lowest BCUT2D eigenvalue weighted by Gasteiger charge is -1.99. The van der Waals surface area contributed by atoms with Gasteiger partial charge in [-0.05, 0) is 25.8 Å². The molecule has 2 aromatic rings. The number of ketones is 1. The number of carbonyl (C=O) groups is 1. The van der Waals surface area contributed by atoms with Crippen LogP contribution in [0.25, 0.3) is 11.4 Å². The minimum Gasteiger partial charge on any atom is -0.338 e. The first-order valence-corrected chi connectivity index (χ1v) is 6.05. The van der Waals surface area contributed by atoms with Gasteiger partial charge >= 0.3 is 0 Å². The number of Topliss-reactive ketones (excluding diaryl/α,β-unsaturated/α-hetero) is 1. The Morgan fingerprint density at radius 2 is 2.00 bits per heavy atom. The molecule has 94 valence electrons.